The molecule has 1 fully saturated rings. The van der Waals surface area contributed by atoms with E-state index in [1.54, 1.807) is 0 Å². The fraction of sp³-hybridized carbons (Fsp3) is 0.538. The normalized spacial score (nSPS) is 27.1. The number of piperidine rings is 1. The quantitative estimate of drug-likeness (QED) is 0.747. The predicted octanol–water partition coefficient (Wildman–Crippen LogP) is 3.00. The fourth-order valence-electron chi connectivity index (χ4n) is 2.94. The van der Waals surface area contributed by atoms with Crippen molar-refractivity contribution in [2.75, 3.05) is 23.3 Å². The van der Waals surface area contributed by atoms with Gasteiger partial charge in [0.05, 0.1) is 11.4 Å². The van der Waals surface area contributed by atoms with Gasteiger partial charge in [-0.1, -0.05) is 6.92 Å². The van der Waals surface area contributed by atoms with Gasteiger partial charge >= 0.3 is 0 Å². The van der Waals surface area contributed by atoms with E-state index in [-0.39, 0.29) is 0 Å². The summed E-state index contributed by atoms with van der Waals surface area (Å²) in [5.41, 5.74) is 1.14. The van der Waals surface area contributed by atoms with Crippen LogP contribution in [0.25, 0.3) is 0 Å². The van der Waals surface area contributed by atoms with Crippen molar-refractivity contribution in [1.29, 1.82) is 0 Å². The Morgan fingerprint density at radius 2 is 2.18 bits per heavy atom. The fourth-order valence-corrected chi connectivity index (χ4v) is 2.94. The Bertz CT molecular complexity index is 447. The van der Waals surface area contributed by atoms with Gasteiger partial charge in [-0.2, -0.15) is 0 Å². The molecule has 2 atom stereocenters. The number of rotatable bonds is 0. The zero-order chi connectivity index (χ0) is 12.0. The first kappa shape index (κ1) is 10.8. The second kappa shape index (κ2) is 3.86. The first-order valence-electron chi connectivity index (χ1n) is 6.14. The van der Waals surface area contributed by atoms with Gasteiger partial charge in [-0.3, -0.25) is 0 Å². The van der Waals surface area contributed by atoms with Crippen LogP contribution < -0.4 is 10.2 Å². The van der Waals surface area contributed by atoms with Gasteiger partial charge < -0.3 is 10.2 Å². The molecule has 2 aliphatic rings. The van der Waals surface area contributed by atoms with E-state index >= 15 is 0 Å². The number of anilines is 2. The van der Waals surface area contributed by atoms with E-state index in [9.17, 15) is 8.78 Å². The van der Waals surface area contributed by atoms with Crippen molar-refractivity contribution in [2.45, 2.75) is 25.8 Å². The zero-order valence-electron chi connectivity index (χ0n) is 9.84. The van der Waals surface area contributed by atoms with E-state index in [1.165, 1.54) is 6.07 Å². The molecular weight excluding hydrogens is 222 g/mol. The molecule has 3 rings (SSSR count). The lowest BCUT2D eigenvalue weighted by molar-refractivity contribution is 0.366. The van der Waals surface area contributed by atoms with Crippen LogP contribution in [0.3, 0.4) is 0 Å². The maximum atomic E-state index is 13.6. The van der Waals surface area contributed by atoms with E-state index in [1.807, 2.05) is 0 Å². The molecule has 1 aromatic carbocycles. The Kier molecular flexibility index (Phi) is 2.45. The number of benzene rings is 1. The largest absolute Gasteiger partial charge is 0.379 e. The molecule has 1 aromatic rings. The minimum atomic E-state index is -0.498. The topological polar surface area (TPSA) is 15.3 Å². The molecule has 0 spiro atoms. The van der Waals surface area contributed by atoms with Crippen LogP contribution in [0.1, 0.15) is 19.8 Å². The number of fused-ring (bicyclic) bond motifs is 3. The molecule has 4 heteroatoms. The lowest BCUT2D eigenvalue weighted by Gasteiger charge is -2.44. The Morgan fingerprint density at radius 1 is 1.35 bits per heavy atom. The monoisotopic (exact) mass is 238 g/mol. The van der Waals surface area contributed by atoms with Gasteiger partial charge in [0.25, 0.3) is 0 Å². The van der Waals surface area contributed by atoms with Crippen molar-refractivity contribution in [2.24, 2.45) is 5.92 Å². The summed E-state index contributed by atoms with van der Waals surface area (Å²) in [4.78, 5) is 2.15. The number of hydrogen-bond donors (Lipinski definition) is 1. The van der Waals surface area contributed by atoms with Crippen LogP contribution in [-0.2, 0) is 0 Å². The molecule has 2 unspecified atom stereocenters. The first-order valence-corrected chi connectivity index (χ1v) is 6.14. The maximum Gasteiger partial charge on any atom is 0.151 e. The van der Waals surface area contributed by atoms with Crippen molar-refractivity contribution < 1.29 is 8.78 Å². The number of nitrogens with one attached hydrogen (secondary N) is 1. The summed E-state index contributed by atoms with van der Waals surface area (Å²) in [6.45, 7) is 3.88. The Balaban J connectivity index is 2.01. The van der Waals surface area contributed by atoms with E-state index < -0.39 is 11.6 Å². The molecule has 92 valence electrons. The SMILES string of the molecule is CC1CCN2c3cc(F)cc(F)c3NCC2C1. The minimum absolute atomic E-state index is 0.368. The summed E-state index contributed by atoms with van der Waals surface area (Å²) in [5, 5.41) is 3.09. The van der Waals surface area contributed by atoms with Crippen LogP contribution in [0, 0.1) is 17.6 Å². The third kappa shape index (κ3) is 1.75. The van der Waals surface area contributed by atoms with Crippen LogP contribution >= 0.6 is 0 Å². The van der Waals surface area contributed by atoms with Crippen LogP contribution in [0.15, 0.2) is 12.1 Å². The molecule has 0 amide bonds. The summed E-state index contributed by atoms with van der Waals surface area (Å²) < 4.78 is 26.9. The average Bonchev–Trinajstić information content (AvgIpc) is 2.27. The molecule has 0 saturated carbocycles. The van der Waals surface area contributed by atoms with Crippen LogP contribution in [0.5, 0.6) is 0 Å². The van der Waals surface area contributed by atoms with Crippen LogP contribution in [0.2, 0.25) is 0 Å². The average molecular weight is 238 g/mol. The molecular formula is C13H16F2N2. The molecule has 0 aliphatic carbocycles. The summed E-state index contributed by atoms with van der Waals surface area (Å²) in [7, 11) is 0. The van der Waals surface area contributed by atoms with Gasteiger partial charge in [-0.15, -0.1) is 0 Å². The van der Waals surface area contributed by atoms with Gasteiger partial charge in [0.15, 0.2) is 5.82 Å². The third-order valence-electron chi connectivity index (χ3n) is 3.84. The molecule has 2 nitrogen and oxygen atoms in total. The number of nitrogens with zero attached hydrogens (tertiary/aromatic N) is 1. The second-order valence-electron chi connectivity index (χ2n) is 5.14. The Hall–Kier alpha value is -1.32. The maximum absolute atomic E-state index is 13.6. The Labute approximate surface area is 99.6 Å². The molecule has 17 heavy (non-hydrogen) atoms. The van der Waals surface area contributed by atoms with Gasteiger partial charge in [-0.25, -0.2) is 8.78 Å². The van der Waals surface area contributed by atoms with Crippen molar-refractivity contribution in [3.63, 3.8) is 0 Å². The first-order chi connectivity index (χ1) is 8.15. The number of hydrogen-bond acceptors (Lipinski definition) is 2. The highest BCUT2D eigenvalue weighted by Crippen LogP contribution is 2.38. The minimum Gasteiger partial charge on any atom is -0.379 e. The molecule has 0 radical (unpaired) electrons. The molecule has 0 aromatic heterocycles. The van der Waals surface area contributed by atoms with Crippen LogP contribution in [-0.4, -0.2) is 19.1 Å². The van der Waals surface area contributed by atoms with E-state index in [2.05, 4.69) is 17.1 Å². The van der Waals surface area contributed by atoms with Crippen molar-refractivity contribution in [3.8, 4) is 0 Å². The molecule has 1 N–H and O–H groups in total. The van der Waals surface area contributed by atoms with Crippen molar-refractivity contribution in [3.05, 3.63) is 23.8 Å². The lowest BCUT2D eigenvalue weighted by atomic mass is 9.90. The Morgan fingerprint density at radius 3 is 3.00 bits per heavy atom. The van der Waals surface area contributed by atoms with E-state index in [4.69, 9.17) is 0 Å². The highest BCUT2D eigenvalue weighted by atomic mass is 19.1. The molecule has 2 heterocycles. The second-order valence-corrected chi connectivity index (χ2v) is 5.14. The third-order valence-corrected chi connectivity index (χ3v) is 3.84. The summed E-state index contributed by atoms with van der Waals surface area (Å²) in [6.07, 6.45) is 2.18. The molecule has 1 saturated heterocycles. The van der Waals surface area contributed by atoms with Gasteiger partial charge in [0, 0.05) is 25.2 Å². The van der Waals surface area contributed by atoms with Gasteiger partial charge in [-0.05, 0) is 24.8 Å². The van der Waals surface area contributed by atoms with Crippen molar-refractivity contribution >= 4 is 11.4 Å². The summed E-state index contributed by atoms with van der Waals surface area (Å²) >= 11 is 0. The standard InChI is InChI=1S/C13H16F2N2/c1-8-2-3-17-10(4-8)7-16-13-11(15)5-9(14)6-12(13)17/h5-6,8,10,16H,2-4,7H2,1H3. The number of halogens is 2. The highest BCUT2D eigenvalue weighted by molar-refractivity contribution is 5.73. The highest BCUT2D eigenvalue weighted by Gasteiger charge is 2.32. The van der Waals surface area contributed by atoms with Gasteiger partial charge in [0.2, 0.25) is 0 Å². The molecule has 0 bridgehead atoms. The van der Waals surface area contributed by atoms with Gasteiger partial charge in [0.1, 0.15) is 5.82 Å². The van der Waals surface area contributed by atoms with E-state index in [0.29, 0.717) is 23.3 Å². The lowest BCUT2D eigenvalue weighted by Crippen LogP contribution is -2.49. The molecule has 2 aliphatic heterocycles. The van der Waals surface area contributed by atoms with Crippen LogP contribution in [0.4, 0.5) is 20.2 Å². The predicted molar refractivity (Wildman–Crippen MR) is 64.4 cm³/mol. The summed E-state index contributed by atoms with van der Waals surface area (Å²) in [6, 6.07) is 2.75. The smallest absolute Gasteiger partial charge is 0.151 e. The van der Waals surface area contributed by atoms with E-state index in [0.717, 1.165) is 32.0 Å². The zero-order valence-corrected chi connectivity index (χ0v) is 9.84. The summed E-state index contributed by atoms with van der Waals surface area (Å²) in [5.74, 6) is -0.294. The van der Waals surface area contributed by atoms with Crippen molar-refractivity contribution in [1.82, 2.24) is 0 Å².